The Labute approximate surface area is 175 Å². The first kappa shape index (κ1) is 19.4. The van der Waals surface area contributed by atoms with Crippen molar-refractivity contribution in [2.75, 3.05) is 36.0 Å². The number of carbonyl (C=O) groups is 2. The van der Waals surface area contributed by atoms with Gasteiger partial charge in [-0.3, -0.25) is 9.59 Å². The summed E-state index contributed by atoms with van der Waals surface area (Å²) in [7, 11) is 0. The van der Waals surface area contributed by atoms with Crippen LogP contribution in [0.4, 0.5) is 11.4 Å². The number of piperazine rings is 1. The number of hydrogen-bond acceptors (Lipinski definition) is 5. The Morgan fingerprint density at radius 1 is 0.931 bits per heavy atom. The van der Waals surface area contributed by atoms with Gasteiger partial charge in [0.05, 0.1) is 11.4 Å². The van der Waals surface area contributed by atoms with Gasteiger partial charge in [0.25, 0.3) is 5.91 Å². The SMILES string of the molecule is CC(=O)N1CCN(c2ccccc2N2C(C(N)=O)=CSC2c2ccccc2)CC1. The zero-order chi connectivity index (χ0) is 20.4. The van der Waals surface area contributed by atoms with Crippen molar-refractivity contribution in [2.45, 2.75) is 12.3 Å². The number of amides is 2. The van der Waals surface area contributed by atoms with Gasteiger partial charge in [-0.15, -0.1) is 11.8 Å². The lowest BCUT2D eigenvalue weighted by molar-refractivity contribution is -0.129. The maximum atomic E-state index is 12.2. The third-order valence-electron chi connectivity index (χ3n) is 5.35. The summed E-state index contributed by atoms with van der Waals surface area (Å²) < 4.78 is 0. The van der Waals surface area contributed by atoms with Crippen molar-refractivity contribution in [1.82, 2.24) is 4.90 Å². The maximum absolute atomic E-state index is 12.2. The van der Waals surface area contributed by atoms with Crippen LogP contribution in [0.3, 0.4) is 0 Å². The predicted octanol–water partition coefficient (Wildman–Crippen LogP) is 2.93. The van der Waals surface area contributed by atoms with Gasteiger partial charge in [0.15, 0.2) is 0 Å². The minimum atomic E-state index is -0.438. The molecule has 1 atom stereocenters. The molecule has 2 N–H and O–H groups in total. The zero-order valence-electron chi connectivity index (χ0n) is 16.3. The van der Waals surface area contributed by atoms with E-state index in [1.165, 1.54) is 0 Å². The van der Waals surface area contributed by atoms with Crippen LogP contribution in [0.5, 0.6) is 0 Å². The van der Waals surface area contributed by atoms with E-state index in [0.717, 1.165) is 30.0 Å². The third kappa shape index (κ3) is 3.82. The second kappa shape index (κ2) is 8.21. The highest BCUT2D eigenvalue weighted by Gasteiger charge is 2.34. The topological polar surface area (TPSA) is 69.9 Å². The summed E-state index contributed by atoms with van der Waals surface area (Å²) in [6, 6.07) is 18.2. The summed E-state index contributed by atoms with van der Waals surface area (Å²) in [5, 5.41) is 1.79. The molecule has 2 aliphatic rings. The van der Waals surface area contributed by atoms with Crippen LogP contribution in [-0.2, 0) is 9.59 Å². The number of carbonyl (C=O) groups excluding carboxylic acids is 2. The first-order chi connectivity index (χ1) is 14.1. The van der Waals surface area contributed by atoms with E-state index in [0.29, 0.717) is 18.8 Å². The Kier molecular flexibility index (Phi) is 5.49. The largest absolute Gasteiger partial charge is 0.366 e. The van der Waals surface area contributed by atoms with Gasteiger partial charge in [0, 0.05) is 38.5 Å². The van der Waals surface area contributed by atoms with Crippen molar-refractivity contribution in [3.8, 4) is 0 Å². The number of anilines is 2. The Balaban J connectivity index is 1.70. The van der Waals surface area contributed by atoms with Crippen molar-refractivity contribution in [1.29, 1.82) is 0 Å². The van der Waals surface area contributed by atoms with Gasteiger partial charge in [0.2, 0.25) is 5.91 Å². The van der Waals surface area contributed by atoms with Crippen LogP contribution in [0.1, 0.15) is 17.9 Å². The van der Waals surface area contributed by atoms with E-state index in [-0.39, 0.29) is 11.3 Å². The molecule has 0 aromatic heterocycles. The molecule has 2 aromatic carbocycles. The standard InChI is InChI=1S/C22H24N4O2S/c1-16(27)24-11-13-25(14-12-24)18-9-5-6-10-19(18)26-20(21(23)28)15-29-22(26)17-7-3-2-4-8-17/h2-10,15,22H,11-14H2,1H3,(H2,23,28). The lowest BCUT2D eigenvalue weighted by atomic mass is 10.1. The summed E-state index contributed by atoms with van der Waals surface area (Å²) in [6.45, 7) is 4.50. The van der Waals surface area contributed by atoms with Crippen LogP contribution in [0.2, 0.25) is 0 Å². The highest BCUT2D eigenvalue weighted by atomic mass is 32.2. The third-order valence-corrected chi connectivity index (χ3v) is 6.45. The molecule has 2 aromatic rings. The summed E-state index contributed by atoms with van der Waals surface area (Å²) in [5.41, 5.74) is 9.34. The van der Waals surface area contributed by atoms with Crippen LogP contribution in [-0.4, -0.2) is 42.9 Å². The second-order valence-corrected chi connectivity index (χ2v) is 8.07. The predicted molar refractivity (Wildman–Crippen MR) is 117 cm³/mol. The van der Waals surface area contributed by atoms with E-state index in [1.807, 2.05) is 51.6 Å². The molecule has 1 fully saturated rings. The number of nitrogens with two attached hydrogens (primary N) is 1. The second-order valence-electron chi connectivity index (χ2n) is 7.12. The fourth-order valence-corrected chi connectivity index (χ4v) is 5.00. The molecule has 4 rings (SSSR count). The van der Waals surface area contributed by atoms with Gasteiger partial charge >= 0.3 is 0 Å². The number of rotatable bonds is 4. The number of para-hydroxylation sites is 2. The van der Waals surface area contributed by atoms with Crippen molar-refractivity contribution in [3.05, 3.63) is 71.3 Å². The molecular formula is C22H24N4O2S. The minimum absolute atomic E-state index is 0.0571. The van der Waals surface area contributed by atoms with Crippen LogP contribution < -0.4 is 15.5 Å². The molecule has 150 valence electrons. The summed E-state index contributed by atoms with van der Waals surface area (Å²) in [5.74, 6) is -0.330. The molecule has 0 spiro atoms. The number of benzene rings is 2. The van der Waals surface area contributed by atoms with E-state index in [9.17, 15) is 9.59 Å². The lowest BCUT2D eigenvalue weighted by Crippen LogP contribution is -2.48. The van der Waals surface area contributed by atoms with E-state index < -0.39 is 5.91 Å². The average Bonchev–Trinajstić information content (AvgIpc) is 3.20. The Morgan fingerprint density at radius 2 is 1.55 bits per heavy atom. The van der Waals surface area contributed by atoms with Gasteiger partial charge in [-0.05, 0) is 17.7 Å². The molecule has 29 heavy (non-hydrogen) atoms. The Bertz CT molecular complexity index is 939. The summed E-state index contributed by atoms with van der Waals surface area (Å²) >= 11 is 1.59. The summed E-state index contributed by atoms with van der Waals surface area (Å²) in [4.78, 5) is 30.1. The van der Waals surface area contributed by atoms with Gasteiger partial charge in [-0.25, -0.2) is 0 Å². The lowest BCUT2D eigenvalue weighted by Gasteiger charge is -2.38. The van der Waals surface area contributed by atoms with Crippen LogP contribution in [0.25, 0.3) is 0 Å². The Morgan fingerprint density at radius 3 is 2.17 bits per heavy atom. The van der Waals surface area contributed by atoms with Crippen LogP contribution >= 0.6 is 11.8 Å². The normalized spacial score (nSPS) is 19.3. The molecule has 0 bridgehead atoms. The molecule has 2 amide bonds. The molecule has 2 aliphatic heterocycles. The number of primary amides is 1. The van der Waals surface area contributed by atoms with Crippen LogP contribution in [0, 0.1) is 0 Å². The number of hydrogen-bond donors (Lipinski definition) is 1. The van der Waals surface area contributed by atoms with Gasteiger partial charge in [0.1, 0.15) is 11.1 Å². The molecule has 7 heteroatoms. The molecule has 2 heterocycles. The fourth-order valence-electron chi connectivity index (χ4n) is 3.85. The molecule has 0 radical (unpaired) electrons. The van der Waals surface area contributed by atoms with Crippen LogP contribution in [0.15, 0.2) is 65.7 Å². The first-order valence-corrected chi connectivity index (χ1v) is 10.6. The first-order valence-electron chi connectivity index (χ1n) is 9.65. The quantitative estimate of drug-likeness (QED) is 0.842. The van der Waals surface area contributed by atoms with Crippen molar-refractivity contribution >= 4 is 35.0 Å². The van der Waals surface area contributed by atoms with E-state index in [1.54, 1.807) is 18.7 Å². The minimum Gasteiger partial charge on any atom is -0.366 e. The summed E-state index contributed by atoms with van der Waals surface area (Å²) in [6.07, 6.45) is 0. The van der Waals surface area contributed by atoms with E-state index >= 15 is 0 Å². The molecule has 1 saturated heterocycles. The van der Waals surface area contributed by atoms with Crippen molar-refractivity contribution in [3.63, 3.8) is 0 Å². The van der Waals surface area contributed by atoms with Gasteiger partial charge < -0.3 is 20.4 Å². The number of nitrogens with zero attached hydrogens (tertiary/aromatic N) is 3. The monoisotopic (exact) mass is 408 g/mol. The zero-order valence-corrected chi connectivity index (χ0v) is 17.1. The van der Waals surface area contributed by atoms with Gasteiger partial charge in [-0.1, -0.05) is 42.5 Å². The molecule has 6 nitrogen and oxygen atoms in total. The molecule has 1 unspecified atom stereocenters. The van der Waals surface area contributed by atoms with E-state index in [2.05, 4.69) is 23.1 Å². The highest BCUT2D eigenvalue weighted by Crippen LogP contribution is 2.48. The Hall–Kier alpha value is -2.93. The molecule has 0 aliphatic carbocycles. The molecule has 0 saturated carbocycles. The highest BCUT2D eigenvalue weighted by molar-refractivity contribution is 8.02. The number of thioether (sulfide) groups is 1. The fraction of sp³-hybridized carbons (Fsp3) is 0.273. The average molecular weight is 409 g/mol. The van der Waals surface area contributed by atoms with Crippen molar-refractivity contribution < 1.29 is 9.59 Å². The van der Waals surface area contributed by atoms with Crippen molar-refractivity contribution in [2.24, 2.45) is 5.73 Å². The molecular weight excluding hydrogens is 384 g/mol. The van der Waals surface area contributed by atoms with Gasteiger partial charge in [-0.2, -0.15) is 0 Å². The smallest absolute Gasteiger partial charge is 0.265 e. The van der Waals surface area contributed by atoms with E-state index in [4.69, 9.17) is 5.73 Å². The maximum Gasteiger partial charge on any atom is 0.265 e.